The van der Waals surface area contributed by atoms with E-state index in [0.29, 0.717) is 0 Å². The van der Waals surface area contributed by atoms with Crippen LogP contribution in [0.4, 0.5) is 0 Å². The van der Waals surface area contributed by atoms with Crippen LogP contribution in [0.2, 0.25) is 0 Å². The summed E-state index contributed by atoms with van der Waals surface area (Å²) in [7, 11) is 2.11. The number of likely N-dealkylation sites (N-methyl/N-ethyl adjacent to an activating group) is 1. The number of carbonyl (C=O) groups is 1. The molecule has 1 fully saturated rings. The smallest absolute Gasteiger partial charge is 0.237 e. The highest BCUT2D eigenvalue weighted by atomic mass is 16.2. The molecule has 1 aromatic rings. The Kier molecular flexibility index (Phi) is 5.15. The molecule has 0 aliphatic carbocycles. The van der Waals surface area contributed by atoms with Gasteiger partial charge in [-0.25, -0.2) is 0 Å². The first kappa shape index (κ1) is 15.0. The molecule has 4 heteroatoms. The van der Waals surface area contributed by atoms with E-state index in [2.05, 4.69) is 29.4 Å². The third-order valence-electron chi connectivity index (χ3n) is 4.05. The Morgan fingerprint density at radius 1 is 1.45 bits per heavy atom. The van der Waals surface area contributed by atoms with Gasteiger partial charge in [0.2, 0.25) is 5.91 Å². The van der Waals surface area contributed by atoms with Gasteiger partial charge in [0.1, 0.15) is 0 Å². The van der Waals surface area contributed by atoms with Gasteiger partial charge >= 0.3 is 0 Å². The predicted molar refractivity (Wildman–Crippen MR) is 81.2 cm³/mol. The first-order chi connectivity index (χ1) is 9.63. The monoisotopic (exact) mass is 275 g/mol. The number of nitrogens with zero attached hydrogens (tertiary/aromatic N) is 1. The molecule has 3 unspecified atom stereocenters. The summed E-state index contributed by atoms with van der Waals surface area (Å²) >= 11 is 0. The van der Waals surface area contributed by atoms with Gasteiger partial charge in [0.25, 0.3) is 0 Å². The first-order valence-electron chi connectivity index (χ1n) is 7.44. The number of amides is 1. The van der Waals surface area contributed by atoms with Crippen LogP contribution in [0.15, 0.2) is 30.3 Å². The average molecular weight is 275 g/mol. The summed E-state index contributed by atoms with van der Waals surface area (Å²) in [5.74, 6) is -0.0203. The van der Waals surface area contributed by atoms with E-state index < -0.39 is 0 Å². The lowest BCUT2D eigenvalue weighted by atomic mass is 9.99. The molecule has 4 nitrogen and oxygen atoms in total. The fourth-order valence-corrected chi connectivity index (χ4v) is 2.97. The van der Waals surface area contributed by atoms with Gasteiger partial charge in [-0.2, -0.15) is 0 Å². The minimum Gasteiger partial charge on any atom is -0.350 e. The molecule has 3 atom stereocenters. The van der Waals surface area contributed by atoms with Gasteiger partial charge in [-0.1, -0.05) is 43.7 Å². The van der Waals surface area contributed by atoms with Crippen molar-refractivity contribution in [2.75, 3.05) is 13.6 Å². The molecule has 0 bridgehead atoms. The number of hydrogen-bond donors (Lipinski definition) is 2. The molecular weight excluding hydrogens is 250 g/mol. The van der Waals surface area contributed by atoms with Gasteiger partial charge in [-0.3, -0.25) is 9.69 Å². The summed E-state index contributed by atoms with van der Waals surface area (Å²) in [5.41, 5.74) is 7.15. The molecule has 1 heterocycles. The third-order valence-corrected chi connectivity index (χ3v) is 4.05. The second-order valence-corrected chi connectivity index (χ2v) is 5.64. The van der Waals surface area contributed by atoms with Crippen LogP contribution < -0.4 is 11.1 Å². The lowest BCUT2D eigenvalue weighted by molar-refractivity contribution is -0.123. The lowest BCUT2D eigenvalue weighted by Gasteiger charge is -2.27. The van der Waals surface area contributed by atoms with E-state index in [1.807, 2.05) is 25.1 Å². The molecule has 1 aromatic carbocycles. The maximum atomic E-state index is 12.1. The molecule has 1 saturated heterocycles. The minimum absolute atomic E-state index is 0.0203. The third kappa shape index (κ3) is 3.38. The quantitative estimate of drug-likeness (QED) is 0.859. The Labute approximate surface area is 121 Å². The first-order valence-corrected chi connectivity index (χ1v) is 7.44. The fourth-order valence-electron chi connectivity index (χ4n) is 2.97. The standard InChI is InChI=1S/C16H25N3O/c1-3-7-13(17)16(20)18-14-10-11-19(2)15(14)12-8-5-4-6-9-12/h4-6,8-9,13-15H,3,7,10-11,17H2,1-2H3,(H,18,20). The Balaban J connectivity index is 2.05. The lowest BCUT2D eigenvalue weighted by Crippen LogP contribution is -2.47. The number of rotatable bonds is 5. The Hall–Kier alpha value is -1.39. The number of nitrogens with one attached hydrogen (secondary N) is 1. The van der Waals surface area contributed by atoms with E-state index >= 15 is 0 Å². The van der Waals surface area contributed by atoms with Crippen molar-refractivity contribution in [2.24, 2.45) is 5.73 Å². The van der Waals surface area contributed by atoms with Crippen molar-refractivity contribution >= 4 is 5.91 Å². The van der Waals surface area contributed by atoms with Crippen LogP contribution in [-0.2, 0) is 4.79 Å². The zero-order chi connectivity index (χ0) is 14.5. The van der Waals surface area contributed by atoms with E-state index in [1.54, 1.807) is 0 Å². The second-order valence-electron chi connectivity index (χ2n) is 5.64. The number of benzene rings is 1. The van der Waals surface area contributed by atoms with Crippen molar-refractivity contribution in [1.82, 2.24) is 10.2 Å². The fraction of sp³-hybridized carbons (Fsp3) is 0.562. The van der Waals surface area contributed by atoms with E-state index in [1.165, 1.54) is 5.56 Å². The highest BCUT2D eigenvalue weighted by molar-refractivity contribution is 5.81. The van der Waals surface area contributed by atoms with Crippen molar-refractivity contribution in [1.29, 1.82) is 0 Å². The van der Waals surface area contributed by atoms with Gasteiger partial charge in [0.05, 0.1) is 12.1 Å². The van der Waals surface area contributed by atoms with Gasteiger partial charge in [-0.05, 0) is 25.5 Å². The number of likely N-dealkylation sites (tertiary alicyclic amines) is 1. The molecule has 0 radical (unpaired) electrons. The number of nitrogens with two attached hydrogens (primary N) is 1. The SMILES string of the molecule is CCCC(N)C(=O)NC1CCN(C)C1c1ccccc1. The van der Waals surface area contributed by atoms with Crippen LogP contribution in [0, 0.1) is 0 Å². The van der Waals surface area contributed by atoms with Gasteiger partial charge in [-0.15, -0.1) is 0 Å². The molecule has 3 N–H and O–H groups in total. The number of carbonyl (C=O) groups excluding carboxylic acids is 1. The normalized spacial score (nSPS) is 24.6. The Morgan fingerprint density at radius 3 is 2.80 bits per heavy atom. The molecule has 1 aliphatic heterocycles. The molecule has 20 heavy (non-hydrogen) atoms. The van der Waals surface area contributed by atoms with Crippen molar-refractivity contribution in [3.05, 3.63) is 35.9 Å². The summed E-state index contributed by atoms with van der Waals surface area (Å²) in [6.07, 6.45) is 2.65. The van der Waals surface area contributed by atoms with Crippen molar-refractivity contribution in [3.8, 4) is 0 Å². The predicted octanol–water partition coefficient (Wildman–Crippen LogP) is 1.68. The zero-order valence-corrected chi connectivity index (χ0v) is 12.4. The summed E-state index contributed by atoms with van der Waals surface area (Å²) in [6.45, 7) is 3.04. The van der Waals surface area contributed by atoms with E-state index in [0.717, 1.165) is 25.8 Å². The van der Waals surface area contributed by atoms with E-state index in [-0.39, 0.29) is 24.0 Å². The summed E-state index contributed by atoms with van der Waals surface area (Å²) in [5, 5.41) is 3.14. The topological polar surface area (TPSA) is 58.4 Å². The summed E-state index contributed by atoms with van der Waals surface area (Å²) in [6, 6.07) is 10.4. The molecule has 0 aromatic heterocycles. The minimum atomic E-state index is -0.387. The summed E-state index contributed by atoms with van der Waals surface area (Å²) < 4.78 is 0. The molecule has 0 spiro atoms. The van der Waals surface area contributed by atoms with E-state index in [4.69, 9.17) is 5.73 Å². The molecule has 1 amide bonds. The highest BCUT2D eigenvalue weighted by Gasteiger charge is 2.34. The maximum Gasteiger partial charge on any atom is 0.237 e. The van der Waals surface area contributed by atoms with Crippen molar-refractivity contribution in [3.63, 3.8) is 0 Å². The van der Waals surface area contributed by atoms with Gasteiger partial charge in [0, 0.05) is 12.6 Å². The second kappa shape index (κ2) is 6.86. The van der Waals surface area contributed by atoms with Crippen LogP contribution in [0.5, 0.6) is 0 Å². The molecule has 2 rings (SSSR count). The van der Waals surface area contributed by atoms with Crippen LogP contribution in [0.3, 0.4) is 0 Å². The maximum absolute atomic E-state index is 12.1. The highest BCUT2D eigenvalue weighted by Crippen LogP contribution is 2.30. The van der Waals surface area contributed by atoms with Gasteiger partial charge in [0.15, 0.2) is 0 Å². The number of hydrogen-bond acceptors (Lipinski definition) is 3. The van der Waals surface area contributed by atoms with Gasteiger partial charge < -0.3 is 11.1 Å². The van der Waals surface area contributed by atoms with Crippen molar-refractivity contribution < 1.29 is 4.79 Å². The van der Waals surface area contributed by atoms with Crippen LogP contribution in [0.25, 0.3) is 0 Å². The zero-order valence-electron chi connectivity index (χ0n) is 12.4. The largest absolute Gasteiger partial charge is 0.350 e. The van der Waals surface area contributed by atoms with E-state index in [9.17, 15) is 4.79 Å². The summed E-state index contributed by atoms with van der Waals surface area (Å²) in [4.78, 5) is 14.4. The van der Waals surface area contributed by atoms with Crippen molar-refractivity contribution in [2.45, 2.75) is 44.3 Å². The van der Waals surface area contributed by atoms with Crippen LogP contribution in [0.1, 0.15) is 37.8 Å². The van der Waals surface area contributed by atoms with Crippen LogP contribution in [-0.4, -0.2) is 36.5 Å². The Bertz CT molecular complexity index is 435. The molecule has 110 valence electrons. The molecular formula is C16H25N3O. The average Bonchev–Trinajstić information content (AvgIpc) is 2.81. The Morgan fingerprint density at radius 2 is 2.15 bits per heavy atom. The molecule has 1 aliphatic rings. The molecule has 0 saturated carbocycles. The van der Waals surface area contributed by atoms with Crippen LogP contribution >= 0.6 is 0 Å².